The summed E-state index contributed by atoms with van der Waals surface area (Å²) in [6, 6.07) is 0. The number of piperidine rings is 1. The molecule has 0 bridgehead atoms. The Balaban J connectivity index is 1.63. The van der Waals surface area contributed by atoms with Crippen LogP contribution in [0.15, 0.2) is 0 Å². The molecular formula is C18H33NO2. The van der Waals surface area contributed by atoms with Crippen molar-refractivity contribution >= 4 is 0 Å². The van der Waals surface area contributed by atoms with E-state index in [1.165, 1.54) is 32.1 Å². The summed E-state index contributed by atoms with van der Waals surface area (Å²) in [7, 11) is 0. The van der Waals surface area contributed by atoms with Gasteiger partial charge in [-0.05, 0) is 33.6 Å². The summed E-state index contributed by atoms with van der Waals surface area (Å²) >= 11 is 0. The highest BCUT2D eigenvalue weighted by Crippen LogP contribution is 2.43. The molecule has 0 atom stereocenters. The topological polar surface area (TPSA) is 30.5 Å². The number of nitrogens with one attached hydrogen (secondary N) is 1. The van der Waals surface area contributed by atoms with Gasteiger partial charge in [-0.25, -0.2) is 0 Å². The van der Waals surface area contributed by atoms with E-state index in [4.69, 9.17) is 9.47 Å². The lowest BCUT2D eigenvalue weighted by molar-refractivity contribution is -0.315. The second kappa shape index (κ2) is 5.50. The van der Waals surface area contributed by atoms with E-state index in [0.717, 1.165) is 32.0 Å². The van der Waals surface area contributed by atoms with Gasteiger partial charge in [-0.15, -0.1) is 0 Å². The first kappa shape index (κ1) is 15.8. The van der Waals surface area contributed by atoms with Crippen molar-refractivity contribution in [3.8, 4) is 0 Å². The van der Waals surface area contributed by atoms with Crippen LogP contribution in [0.25, 0.3) is 0 Å². The fourth-order valence-corrected chi connectivity index (χ4v) is 5.10. The largest absolute Gasteiger partial charge is 0.349 e. The standard InChI is InChI=1S/C18H33NO2/c1-16(2)12-18(13-17(3,4)19-16)20-10-15(11-21-18)14-8-6-5-7-9-14/h14-15,19H,5-13H2,1-4H3. The van der Waals surface area contributed by atoms with Crippen LogP contribution in [0.1, 0.15) is 72.6 Å². The normalized spacial score (nSPS) is 33.1. The maximum Gasteiger partial charge on any atom is 0.171 e. The lowest BCUT2D eigenvalue weighted by Gasteiger charge is -2.54. The lowest BCUT2D eigenvalue weighted by atomic mass is 9.77. The van der Waals surface area contributed by atoms with Crippen LogP contribution in [0.5, 0.6) is 0 Å². The molecule has 122 valence electrons. The van der Waals surface area contributed by atoms with Gasteiger partial charge >= 0.3 is 0 Å². The molecule has 1 spiro atoms. The molecule has 2 saturated heterocycles. The molecule has 3 nitrogen and oxygen atoms in total. The monoisotopic (exact) mass is 295 g/mol. The predicted molar refractivity (Wildman–Crippen MR) is 85.2 cm³/mol. The Hall–Kier alpha value is -0.120. The summed E-state index contributed by atoms with van der Waals surface area (Å²) in [5.74, 6) is 1.10. The van der Waals surface area contributed by atoms with E-state index in [0.29, 0.717) is 5.92 Å². The Morgan fingerprint density at radius 2 is 1.29 bits per heavy atom. The Morgan fingerprint density at radius 1 is 0.762 bits per heavy atom. The van der Waals surface area contributed by atoms with E-state index < -0.39 is 0 Å². The van der Waals surface area contributed by atoms with Crippen LogP contribution in [-0.4, -0.2) is 30.1 Å². The smallest absolute Gasteiger partial charge is 0.171 e. The summed E-state index contributed by atoms with van der Waals surface area (Å²) in [6.45, 7) is 10.8. The molecule has 2 aliphatic heterocycles. The number of hydrogen-bond donors (Lipinski definition) is 1. The second-order valence-corrected chi connectivity index (χ2v) is 8.94. The third-order valence-electron chi connectivity index (χ3n) is 5.54. The third kappa shape index (κ3) is 3.62. The van der Waals surface area contributed by atoms with Crippen LogP contribution in [0.2, 0.25) is 0 Å². The first-order chi connectivity index (χ1) is 9.79. The summed E-state index contributed by atoms with van der Waals surface area (Å²) < 4.78 is 12.8. The van der Waals surface area contributed by atoms with Crippen molar-refractivity contribution in [1.82, 2.24) is 5.32 Å². The van der Waals surface area contributed by atoms with Crippen molar-refractivity contribution in [3.63, 3.8) is 0 Å². The Labute approximate surface area is 130 Å². The highest BCUT2D eigenvalue weighted by molar-refractivity contribution is 5.02. The van der Waals surface area contributed by atoms with E-state index in [1.807, 2.05) is 0 Å². The van der Waals surface area contributed by atoms with Gasteiger partial charge < -0.3 is 14.8 Å². The van der Waals surface area contributed by atoms with Gasteiger partial charge in [-0.1, -0.05) is 32.1 Å². The van der Waals surface area contributed by atoms with Crippen LogP contribution < -0.4 is 5.32 Å². The highest BCUT2D eigenvalue weighted by atomic mass is 16.7. The van der Waals surface area contributed by atoms with Crippen LogP contribution in [0.3, 0.4) is 0 Å². The Kier molecular flexibility index (Phi) is 4.13. The average Bonchev–Trinajstić information content (AvgIpc) is 2.36. The van der Waals surface area contributed by atoms with Crippen molar-refractivity contribution < 1.29 is 9.47 Å². The fraction of sp³-hybridized carbons (Fsp3) is 1.00. The maximum atomic E-state index is 6.38. The molecule has 1 N–H and O–H groups in total. The molecule has 3 aliphatic rings. The van der Waals surface area contributed by atoms with Gasteiger partial charge in [0, 0.05) is 29.8 Å². The van der Waals surface area contributed by atoms with Crippen LogP contribution >= 0.6 is 0 Å². The zero-order valence-corrected chi connectivity index (χ0v) is 14.3. The first-order valence-electron chi connectivity index (χ1n) is 8.87. The van der Waals surface area contributed by atoms with E-state index >= 15 is 0 Å². The average molecular weight is 295 g/mol. The van der Waals surface area contributed by atoms with Crippen molar-refractivity contribution in [3.05, 3.63) is 0 Å². The third-order valence-corrected chi connectivity index (χ3v) is 5.54. The van der Waals surface area contributed by atoms with Gasteiger partial charge in [-0.2, -0.15) is 0 Å². The maximum absolute atomic E-state index is 6.38. The first-order valence-corrected chi connectivity index (χ1v) is 8.87. The van der Waals surface area contributed by atoms with Gasteiger partial charge in [0.15, 0.2) is 5.79 Å². The van der Waals surface area contributed by atoms with Gasteiger partial charge in [0.05, 0.1) is 13.2 Å². The van der Waals surface area contributed by atoms with Crippen molar-refractivity contribution in [2.75, 3.05) is 13.2 Å². The highest BCUT2D eigenvalue weighted by Gasteiger charge is 2.51. The summed E-state index contributed by atoms with van der Waals surface area (Å²) in [6.07, 6.45) is 8.86. The molecule has 2 heterocycles. The SMILES string of the molecule is CC1(C)CC2(CC(C)(C)N1)OCC(C1CCCCC1)CO2. The lowest BCUT2D eigenvalue weighted by Crippen LogP contribution is -2.66. The molecule has 1 aliphatic carbocycles. The molecule has 0 aromatic rings. The minimum absolute atomic E-state index is 0.0689. The number of rotatable bonds is 1. The molecule has 3 rings (SSSR count). The minimum atomic E-state index is -0.358. The molecule has 0 aromatic heterocycles. The van der Waals surface area contributed by atoms with Crippen LogP contribution in [0, 0.1) is 11.8 Å². The van der Waals surface area contributed by atoms with Crippen molar-refractivity contribution in [2.45, 2.75) is 89.5 Å². The van der Waals surface area contributed by atoms with Gasteiger partial charge in [0.1, 0.15) is 0 Å². The predicted octanol–water partition coefficient (Wildman–Crippen LogP) is 3.87. The van der Waals surface area contributed by atoms with Crippen LogP contribution in [-0.2, 0) is 9.47 Å². The molecule has 3 fully saturated rings. The molecule has 0 unspecified atom stereocenters. The zero-order valence-electron chi connectivity index (χ0n) is 14.3. The minimum Gasteiger partial charge on any atom is -0.349 e. The van der Waals surface area contributed by atoms with Gasteiger partial charge in [0.2, 0.25) is 0 Å². The summed E-state index contributed by atoms with van der Waals surface area (Å²) in [4.78, 5) is 0. The Morgan fingerprint density at radius 3 is 1.81 bits per heavy atom. The van der Waals surface area contributed by atoms with Crippen molar-refractivity contribution in [2.24, 2.45) is 11.8 Å². The fourth-order valence-electron chi connectivity index (χ4n) is 5.10. The van der Waals surface area contributed by atoms with E-state index in [9.17, 15) is 0 Å². The zero-order chi connectivity index (χ0) is 15.1. The molecule has 0 aromatic carbocycles. The summed E-state index contributed by atoms with van der Waals surface area (Å²) in [5.41, 5.74) is 0.138. The molecular weight excluding hydrogens is 262 g/mol. The van der Waals surface area contributed by atoms with Crippen molar-refractivity contribution in [1.29, 1.82) is 0 Å². The van der Waals surface area contributed by atoms with Gasteiger partial charge in [-0.3, -0.25) is 0 Å². The molecule has 1 saturated carbocycles. The summed E-state index contributed by atoms with van der Waals surface area (Å²) in [5, 5.41) is 3.72. The van der Waals surface area contributed by atoms with Gasteiger partial charge in [0.25, 0.3) is 0 Å². The molecule has 0 radical (unpaired) electrons. The molecule has 3 heteroatoms. The van der Waals surface area contributed by atoms with Crippen LogP contribution in [0.4, 0.5) is 0 Å². The molecule has 0 amide bonds. The second-order valence-electron chi connectivity index (χ2n) is 8.94. The van der Waals surface area contributed by atoms with E-state index in [2.05, 4.69) is 33.0 Å². The number of hydrogen-bond acceptors (Lipinski definition) is 3. The van der Waals surface area contributed by atoms with E-state index in [-0.39, 0.29) is 16.9 Å². The quantitative estimate of drug-likeness (QED) is 0.796. The molecule has 21 heavy (non-hydrogen) atoms. The van der Waals surface area contributed by atoms with E-state index in [1.54, 1.807) is 0 Å². The Bertz CT molecular complexity index is 345. The number of ether oxygens (including phenoxy) is 2.